The van der Waals surface area contributed by atoms with Crippen molar-refractivity contribution < 1.29 is 15.0 Å². The molecule has 2 N–H and O–H groups in total. The zero-order valence-electron chi connectivity index (χ0n) is 12.5. The van der Waals surface area contributed by atoms with Crippen molar-refractivity contribution in [1.82, 2.24) is 0 Å². The third kappa shape index (κ3) is 3.61. The molecule has 3 nitrogen and oxygen atoms in total. The second kappa shape index (κ2) is 6.72. The van der Waals surface area contributed by atoms with E-state index < -0.39 is 5.97 Å². The van der Waals surface area contributed by atoms with Crippen molar-refractivity contribution in [3.63, 3.8) is 0 Å². The fourth-order valence-electron chi connectivity index (χ4n) is 3.29. The van der Waals surface area contributed by atoms with Gasteiger partial charge in [-0.2, -0.15) is 0 Å². The minimum atomic E-state index is -0.959. The molecule has 1 aromatic carbocycles. The minimum Gasteiger partial charge on any atom is -0.478 e. The van der Waals surface area contributed by atoms with Crippen LogP contribution in [0.1, 0.15) is 48.4 Å². The summed E-state index contributed by atoms with van der Waals surface area (Å²) in [5.41, 5.74) is 4.60. The minimum absolute atomic E-state index is 0.00211. The lowest BCUT2D eigenvalue weighted by Crippen LogP contribution is -2.17. The number of carboxylic acid groups (broad SMARTS) is 1. The molecule has 0 heterocycles. The third-order valence-electron chi connectivity index (χ3n) is 4.07. The van der Waals surface area contributed by atoms with E-state index in [4.69, 9.17) is 5.11 Å². The predicted molar refractivity (Wildman–Crippen MR) is 84.1 cm³/mol. The number of carbonyl (C=O) groups is 1. The van der Waals surface area contributed by atoms with Gasteiger partial charge in [-0.15, -0.1) is 0 Å². The number of hydrogen-bond acceptors (Lipinski definition) is 2. The maximum absolute atomic E-state index is 10.5. The highest BCUT2D eigenvalue weighted by atomic mass is 16.4. The molecule has 0 spiro atoms. The number of benzene rings is 1. The van der Waals surface area contributed by atoms with Gasteiger partial charge in [0.05, 0.1) is 6.61 Å². The van der Waals surface area contributed by atoms with Crippen LogP contribution >= 0.6 is 0 Å². The van der Waals surface area contributed by atoms with E-state index >= 15 is 0 Å². The first-order valence-electron chi connectivity index (χ1n) is 7.36. The molecule has 0 fully saturated rings. The summed E-state index contributed by atoms with van der Waals surface area (Å²) in [5, 5.41) is 18.2. The molecule has 0 radical (unpaired) electrons. The molecule has 1 aromatic rings. The molecule has 0 amide bonds. The van der Waals surface area contributed by atoms with Gasteiger partial charge in [0.15, 0.2) is 0 Å². The van der Waals surface area contributed by atoms with Gasteiger partial charge < -0.3 is 10.2 Å². The van der Waals surface area contributed by atoms with Crippen molar-refractivity contribution in [3.05, 3.63) is 52.6 Å². The fourth-order valence-corrected chi connectivity index (χ4v) is 3.29. The van der Waals surface area contributed by atoms with Crippen LogP contribution in [0.3, 0.4) is 0 Å². The van der Waals surface area contributed by atoms with Crippen LogP contribution < -0.4 is 0 Å². The van der Waals surface area contributed by atoms with E-state index in [1.165, 1.54) is 17.2 Å². The van der Waals surface area contributed by atoms with E-state index in [1.807, 2.05) is 12.1 Å². The summed E-state index contributed by atoms with van der Waals surface area (Å²) < 4.78 is 0. The van der Waals surface area contributed by atoms with Crippen molar-refractivity contribution in [2.75, 3.05) is 0 Å². The SMILES string of the molecule is C[C@H]1Cc2ccc(CO)c(/C=C/C=C/C(=O)O)c2[C@@H](C)C1. The number of aliphatic hydroxyl groups is 1. The Morgan fingerprint density at radius 1 is 1.33 bits per heavy atom. The molecule has 0 aliphatic heterocycles. The number of aliphatic hydroxyl groups excluding tert-OH is 1. The third-order valence-corrected chi connectivity index (χ3v) is 4.07. The maximum atomic E-state index is 10.5. The Balaban J connectivity index is 2.43. The van der Waals surface area contributed by atoms with Crippen LogP contribution in [0.25, 0.3) is 6.08 Å². The average molecular weight is 286 g/mol. The van der Waals surface area contributed by atoms with E-state index in [9.17, 15) is 9.90 Å². The van der Waals surface area contributed by atoms with Gasteiger partial charge in [0.25, 0.3) is 0 Å². The molecule has 2 atom stereocenters. The van der Waals surface area contributed by atoms with Gasteiger partial charge in [0, 0.05) is 6.08 Å². The van der Waals surface area contributed by atoms with E-state index in [0.29, 0.717) is 11.8 Å². The van der Waals surface area contributed by atoms with E-state index in [2.05, 4.69) is 19.9 Å². The Hall–Kier alpha value is -1.87. The molecule has 1 aliphatic carbocycles. The smallest absolute Gasteiger partial charge is 0.328 e. The lowest BCUT2D eigenvalue weighted by molar-refractivity contribution is -0.131. The summed E-state index contributed by atoms with van der Waals surface area (Å²) >= 11 is 0. The van der Waals surface area contributed by atoms with Crippen LogP contribution in [-0.4, -0.2) is 16.2 Å². The quantitative estimate of drug-likeness (QED) is 0.657. The molecule has 2 rings (SSSR count). The van der Waals surface area contributed by atoms with Crippen LogP contribution in [0.5, 0.6) is 0 Å². The number of allylic oxidation sites excluding steroid dienone is 2. The van der Waals surface area contributed by atoms with Crippen LogP contribution in [0.2, 0.25) is 0 Å². The summed E-state index contributed by atoms with van der Waals surface area (Å²) in [6.07, 6.45) is 8.48. The zero-order valence-corrected chi connectivity index (χ0v) is 12.5. The summed E-state index contributed by atoms with van der Waals surface area (Å²) in [6, 6.07) is 4.10. The summed E-state index contributed by atoms with van der Waals surface area (Å²) in [5.74, 6) is 0.175. The average Bonchev–Trinajstić information content (AvgIpc) is 2.42. The van der Waals surface area contributed by atoms with E-state index in [-0.39, 0.29) is 6.61 Å². The largest absolute Gasteiger partial charge is 0.478 e. The molecule has 0 aromatic heterocycles. The molecule has 0 saturated carbocycles. The predicted octanol–water partition coefficient (Wildman–Crippen LogP) is 3.52. The lowest BCUT2D eigenvalue weighted by atomic mass is 9.75. The summed E-state index contributed by atoms with van der Waals surface area (Å²) in [4.78, 5) is 10.5. The van der Waals surface area contributed by atoms with E-state index in [0.717, 1.165) is 30.0 Å². The van der Waals surface area contributed by atoms with Crippen LogP contribution in [0.15, 0.2) is 30.4 Å². The maximum Gasteiger partial charge on any atom is 0.328 e. The second-order valence-corrected chi connectivity index (χ2v) is 5.87. The number of hydrogen-bond donors (Lipinski definition) is 2. The van der Waals surface area contributed by atoms with Crippen molar-refractivity contribution in [3.8, 4) is 0 Å². The Morgan fingerprint density at radius 2 is 2.10 bits per heavy atom. The Morgan fingerprint density at radius 3 is 2.76 bits per heavy atom. The molecule has 1 aliphatic rings. The normalized spacial score (nSPS) is 21.9. The molecule has 3 heteroatoms. The van der Waals surface area contributed by atoms with Crippen LogP contribution in [0.4, 0.5) is 0 Å². The van der Waals surface area contributed by atoms with Gasteiger partial charge in [-0.05, 0) is 46.9 Å². The number of aliphatic carboxylic acids is 1. The highest BCUT2D eigenvalue weighted by Crippen LogP contribution is 2.38. The monoisotopic (exact) mass is 286 g/mol. The zero-order chi connectivity index (χ0) is 15.4. The lowest BCUT2D eigenvalue weighted by Gasteiger charge is -2.30. The molecular formula is C18H22O3. The Labute approximate surface area is 125 Å². The number of fused-ring (bicyclic) bond motifs is 1. The molecule has 0 unspecified atom stereocenters. The second-order valence-electron chi connectivity index (χ2n) is 5.87. The fraction of sp³-hybridized carbons (Fsp3) is 0.389. The molecule has 0 bridgehead atoms. The first-order valence-corrected chi connectivity index (χ1v) is 7.36. The van der Waals surface area contributed by atoms with Crippen LogP contribution in [-0.2, 0) is 17.8 Å². The summed E-state index contributed by atoms with van der Waals surface area (Å²) in [7, 11) is 0. The highest BCUT2D eigenvalue weighted by molar-refractivity contribution is 5.80. The molecule has 112 valence electrons. The Bertz CT molecular complexity index is 584. The van der Waals surface area contributed by atoms with Crippen molar-refractivity contribution >= 4 is 12.0 Å². The van der Waals surface area contributed by atoms with Crippen molar-refractivity contribution in [2.24, 2.45) is 5.92 Å². The van der Waals surface area contributed by atoms with Gasteiger partial charge >= 0.3 is 5.97 Å². The molecular weight excluding hydrogens is 264 g/mol. The van der Waals surface area contributed by atoms with E-state index in [1.54, 1.807) is 6.08 Å². The van der Waals surface area contributed by atoms with Crippen molar-refractivity contribution in [2.45, 2.75) is 39.2 Å². The first-order chi connectivity index (χ1) is 10.0. The summed E-state index contributed by atoms with van der Waals surface area (Å²) in [6.45, 7) is 4.49. The molecule has 0 saturated heterocycles. The van der Waals surface area contributed by atoms with Gasteiger partial charge in [0.1, 0.15) is 0 Å². The standard InChI is InChI=1S/C18H22O3/c1-12-9-13(2)18-14(10-12)7-8-15(11-19)16(18)5-3-4-6-17(20)21/h3-8,12-13,19H,9-11H2,1-2H3,(H,20,21)/b5-3+,6-4+/t12-,13+/m1/s1. The number of rotatable bonds is 4. The van der Waals surface area contributed by atoms with Gasteiger partial charge in [-0.25, -0.2) is 4.79 Å². The number of carboxylic acids is 1. The van der Waals surface area contributed by atoms with Gasteiger partial charge in [-0.1, -0.05) is 44.2 Å². The Kier molecular flexibility index (Phi) is 4.97. The van der Waals surface area contributed by atoms with Gasteiger partial charge in [-0.3, -0.25) is 0 Å². The first kappa shape index (κ1) is 15.5. The van der Waals surface area contributed by atoms with Crippen LogP contribution in [0, 0.1) is 5.92 Å². The topological polar surface area (TPSA) is 57.5 Å². The van der Waals surface area contributed by atoms with Crippen molar-refractivity contribution in [1.29, 1.82) is 0 Å². The highest BCUT2D eigenvalue weighted by Gasteiger charge is 2.24. The van der Waals surface area contributed by atoms with Gasteiger partial charge in [0.2, 0.25) is 0 Å². The molecule has 21 heavy (non-hydrogen) atoms.